The van der Waals surface area contributed by atoms with E-state index in [-0.39, 0.29) is 17.6 Å². The number of urea groups is 1. The molecule has 0 saturated heterocycles. The lowest BCUT2D eigenvalue weighted by atomic mass is 10.2. The summed E-state index contributed by atoms with van der Waals surface area (Å²) < 4.78 is 1.33. The third-order valence-corrected chi connectivity index (χ3v) is 4.31. The molecular weight excluding hydrogens is 340 g/mol. The minimum absolute atomic E-state index is 0.0940. The molecule has 0 saturated carbocycles. The van der Waals surface area contributed by atoms with Crippen molar-refractivity contribution in [1.29, 1.82) is 0 Å². The molecule has 1 aliphatic rings. The molecule has 2 N–H and O–H groups in total. The van der Waals surface area contributed by atoms with Crippen LogP contribution in [0.15, 0.2) is 45.7 Å². The second kappa shape index (κ2) is 6.81. The largest absolute Gasteiger partial charge is 0.333 e. The highest BCUT2D eigenvalue weighted by Gasteiger charge is 2.21. The molecule has 3 heterocycles. The third kappa shape index (κ3) is 3.72. The van der Waals surface area contributed by atoms with Crippen LogP contribution in [0.1, 0.15) is 17.5 Å². The predicted molar refractivity (Wildman–Crippen MR) is 97.2 cm³/mol. The smallest absolute Gasteiger partial charge is 0.320 e. The van der Waals surface area contributed by atoms with E-state index in [0.717, 1.165) is 4.88 Å². The van der Waals surface area contributed by atoms with Crippen LogP contribution in [0, 0.1) is 6.92 Å². The first-order valence-corrected chi connectivity index (χ1v) is 8.34. The van der Waals surface area contributed by atoms with Crippen molar-refractivity contribution in [2.24, 2.45) is 9.98 Å². The Labute approximate surface area is 148 Å². The average Bonchev–Trinajstić information content (AvgIpc) is 3.20. The molecule has 0 atom stereocenters. The van der Waals surface area contributed by atoms with Crippen LogP contribution in [0.2, 0.25) is 0 Å². The van der Waals surface area contributed by atoms with Crippen LogP contribution >= 0.6 is 11.3 Å². The van der Waals surface area contributed by atoms with Gasteiger partial charge in [0.1, 0.15) is 5.82 Å². The Balaban J connectivity index is 1.77. The molecule has 0 radical (unpaired) electrons. The van der Waals surface area contributed by atoms with Crippen molar-refractivity contribution < 1.29 is 9.59 Å². The molecule has 1 aliphatic heterocycles. The van der Waals surface area contributed by atoms with Crippen LogP contribution < -0.4 is 10.6 Å². The van der Waals surface area contributed by atoms with E-state index in [9.17, 15) is 9.59 Å². The molecular formula is C16H16N6O2S. The van der Waals surface area contributed by atoms with Crippen molar-refractivity contribution in [1.82, 2.24) is 15.1 Å². The number of hydrogen-bond donors (Lipinski definition) is 2. The molecule has 2 aromatic heterocycles. The maximum atomic E-state index is 12.1. The maximum Gasteiger partial charge on any atom is 0.320 e. The highest BCUT2D eigenvalue weighted by molar-refractivity contribution is 7.09. The molecule has 128 valence electrons. The number of aryl methyl sites for hydroxylation is 1. The van der Waals surface area contributed by atoms with Crippen molar-refractivity contribution in [3.8, 4) is 0 Å². The number of thiophene rings is 1. The summed E-state index contributed by atoms with van der Waals surface area (Å²) in [5.41, 5.74) is 1.37. The predicted octanol–water partition coefficient (Wildman–Crippen LogP) is 2.34. The molecule has 8 nitrogen and oxygen atoms in total. The average molecular weight is 356 g/mol. The van der Waals surface area contributed by atoms with E-state index >= 15 is 0 Å². The summed E-state index contributed by atoms with van der Waals surface area (Å²) in [4.78, 5) is 33.1. The van der Waals surface area contributed by atoms with Gasteiger partial charge in [0, 0.05) is 10.9 Å². The van der Waals surface area contributed by atoms with Crippen LogP contribution in [0.25, 0.3) is 0 Å². The van der Waals surface area contributed by atoms with Gasteiger partial charge in [-0.05, 0) is 25.3 Å². The minimum atomic E-state index is -0.469. The second-order valence-corrected chi connectivity index (χ2v) is 6.39. The van der Waals surface area contributed by atoms with E-state index in [1.165, 1.54) is 4.68 Å². The lowest BCUT2D eigenvalue weighted by Gasteiger charge is -2.13. The standard InChI is InChI=1S/C16H16N6O2S/c1-9-7-13(19-16(24)17-8-12-5-4-6-25-12)22(21-9)15-18-11(3)10(2)14(23)20-15/h4-7H,2,8H2,1,3H3,(H2,17,19,24). The van der Waals surface area contributed by atoms with Crippen molar-refractivity contribution in [2.75, 3.05) is 5.32 Å². The van der Waals surface area contributed by atoms with E-state index in [1.807, 2.05) is 17.5 Å². The van der Waals surface area contributed by atoms with Gasteiger partial charge in [0.15, 0.2) is 0 Å². The van der Waals surface area contributed by atoms with E-state index < -0.39 is 5.91 Å². The van der Waals surface area contributed by atoms with Crippen LogP contribution in [0.5, 0.6) is 0 Å². The van der Waals surface area contributed by atoms with Crippen molar-refractivity contribution >= 4 is 40.8 Å². The summed E-state index contributed by atoms with van der Waals surface area (Å²) in [5.74, 6) is -0.00269. The number of aromatic nitrogens is 2. The Morgan fingerprint density at radius 3 is 2.84 bits per heavy atom. The molecule has 0 aromatic carbocycles. The number of anilines is 1. The van der Waals surface area contributed by atoms with Gasteiger partial charge in [-0.1, -0.05) is 12.6 Å². The van der Waals surface area contributed by atoms with E-state index in [2.05, 4.69) is 32.3 Å². The Morgan fingerprint density at radius 1 is 1.36 bits per heavy atom. The zero-order valence-electron chi connectivity index (χ0n) is 13.7. The summed E-state index contributed by atoms with van der Waals surface area (Å²) in [5, 5.41) is 11.7. The molecule has 3 amide bonds. The summed E-state index contributed by atoms with van der Waals surface area (Å²) in [6.45, 7) is 7.50. The number of nitrogens with one attached hydrogen (secondary N) is 2. The zero-order chi connectivity index (χ0) is 18.0. The van der Waals surface area contributed by atoms with Gasteiger partial charge in [0.2, 0.25) is 0 Å². The van der Waals surface area contributed by atoms with Crippen molar-refractivity contribution in [3.05, 3.63) is 46.3 Å². The van der Waals surface area contributed by atoms with E-state index in [4.69, 9.17) is 0 Å². The van der Waals surface area contributed by atoms with Gasteiger partial charge >= 0.3 is 6.03 Å². The SMILES string of the molecule is C=C1C(=O)N=C(n2nc(C)cc2NC(=O)NCc2cccs2)N=C1C. The lowest BCUT2D eigenvalue weighted by Crippen LogP contribution is -2.30. The van der Waals surface area contributed by atoms with Crippen LogP contribution in [-0.4, -0.2) is 33.4 Å². The van der Waals surface area contributed by atoms with Crippen molar-refractivity contribution in [2.45, 2.75) is 20.4 Å². The molecule has 9 heteroatoms. The van der Waals surface area contributed by atoms with E-state index in [0.29, 0.717) is 23.8 Å². The number of hydrogen-bond acceptors (Lipinski definition) is 5. The van der Waals surface area contributed by atoms with Gasteiger partial charge in [0.05, 0.1) is 23.5 Å². The molecule has 0 unspecified atom stereocenters. The van der Waals surface area contributed by atoms with Crippen LogP contribution in [-0.2, 0) is 11.3 Å². The molecule has 0 spiro atoms. The van der Waals surface area contributed by atoms with Crippen LogP contribution in [0.4, 0.5) is 10.6 Å². The number of aliphatic imine (C=N–C) groups is 2. The number of carbonyl (C=O) groups is 2. The highest BCUT2D eigenvalue weighted by Crippen LogP contribution is 2.15. The van der Waals surface area contributed by atoms with Gasteiger partial charge in [0.25, 0.3) is 11.9 Å². The Morgan fingerprint density at radius 2 is 2.16 bits per heavy atom. The molecule has 0 bridgehead atoms. The molecule has 2 aromatic rings. The van der Waals surface area contributed by atoms with Crippen LogP contribution in [0.3, 0.4) is 0 Å². The van der Waals surface area contributed by atoms with Gasteiger partial charge in [-0.3, -0.25) is 10.1 Å². The topological polar surface area (TPSA) is 101 Å². The second-order valence-electron chi connectivity index (χ2n) is 5.36. The molecule has 0 aliphatic carbocycles. The monoisotopic (exact) mass is 356 g/mol. The quantitative estimate of drug-likeness (QED) is 0.825. The maximum absolute atomic E-state index is 12.1. The number of carbonyl (C=O) groups excluding carboxylic acids is 2. The Kier molecular flexibility index (Phi) is 4.57. The lowest BCUT2D eigenvalue weighted by molar-refractivity contribution is -0.113. The third-order valence-electron chi connectivity index (χ3n) is 3.43. The van der Waals surface area contributed by atoms with Crippen molar-refractivity contribution in [3.63, 3.8) is 0 Å². The van der Waals surface area contributed by atoms with Gasteiger partial charge in [-0.15, -0.1) is 11.3 Å². The molecule has 25 heavy (non-hydrogen) atoms. The fourth-order valence-corrected chi connectivity index (χ4v) is 2.78. The van der Waals surface area contributed by atoms with E-state index in [1.54, 1.807) is 31.3 Å². The first-order valence-electron chi connectivity index (χ1n) is 7.46. The molecule has 3 rings (SSSR count). The molecule has 0 fully saturated rings. The Hall–Kier alpha value is -3.07. The summed E-state index contributed by atoms with van der Waals surface area (Å²) >= 11 is 1.56. The summed E-state index contributed by atoms with van der Waals surface area (Å²) in [6, 6.07) is 5.14. The zero-order valence-corrected chi connectivity index (χ0v) is 14.6. The highest BCUT2D eigenvalue weighted by atomic mass is 32.1. The Bertz CT molecular complexity index is 907. The summed E-state index contributed by atoms with van der Waals surface area (Å²) in [7, 11) is 0. The normalized spacial score (nSPS) is 14.2. The minimum Gasteiger partial charge on any atom is -0.333 e. The van der Waals surface area contributed by atoms with Gasteiger partial charge in [-0.2, -0.15) is 14.8 Å². The first kappa shape index (κ1) is 16.8. The fraction of sp³-hybridized carbons (Fsp3) is 0.188. The number of amides is 3. The fourth-order valence-electron chi connectivity index (χ4n) is 2.13. The summed E-state index contributed by atoms with van der Waals surface area (Å²) in [6.07, 6.45) is 0. The van der Waals surface area contributed by atoms with Gasteiger partial charge in [-0.25, -0.2) is 9.79 Å². The van der Waals surface area contributed by atoms with Gasteiger partial charge < -0.3 is 5.32 Å². The number of nitrogens with zero attached hydrogens (tertiary/aromatic N) is 4. The first-order chi connectivity index (χ1) is 11.9. The number of rotatable bonds is 3.